The summed E-state index contributed by atoms with van der Waals surface area (Å²) in [6.07, 6.45) is 4.22. The number of hydrogen-bond donors (Lipinski definition) is 1. The van der Waals surface area contributed by atoms with E-state index in [1.807, 2.05) is 36.5 Å². The second-order valence-corrected chi connectivity index (χ2v) is 7.78. The molecule has 1 aromatic heterocycles. The van der Waals surface area contributed by atoms with E-state index >= 15 is 0 Å². The first kappa shape index (κ1) is 16.9. The van der Waals surface area contributed by atoms with Gasteiger partial charge in [0.15, 0.2) is 0 Å². The number of sulfonamides is 1. The summed E-state index contributed by atoms with van der Waals surface area (Å²) in [5.41, 5.74) is 2.03. The zero-order chi connectivity index (χ0) is 17.0. The Kier molecular flexibility index (Phi) is 5.13. The second kappa shape index (κ2) is 7.29. The molecule has 0 atom stereocenters. The van der Waals surface area contributed by atoms with Crippen LogP contribution in [0.1, 0.15) is 5.56 Å². The van der Waals surface area contributed by atoms with E-state index < -0.39 is 10.0 Å². The maximum Gasteiger partial charge on any atom is 0.241 e. The third-order valence-electron chi connectivity index (χ3n) is 3.54. The lowest BCUT2D eigenvalue weighted by molar-refractivity contribution is 0.581. The molecule has 3 rings (SSSR count). The molecule has 0 aliphatic heterocycles. The van der Waals surface area contributed by atoms with Gasteiger partial charge in [-0.2, -0.15) is 5.10 Å². The van der Waals surface area contributed by atoms with Gasteiger partial charge in [-0.05, 0) is 58.2 Å². The van der Waals surface area contributed by atoms with Crippen LogP contribution >= 0.6 is 15.9 Å². The summed E-state index contributed by atoms with van der Waals surface area (Å²) in [5.74, 6) is 0. The Balaban J connectivity index is 1.61. The lowest BCUT2D eigenvalue weighted by Crippen LogP contribution is -2.26. The van der Waals surface area contributed by atoms with E-state index in [1.165, 1.54) is 0 Å². The van der Waals surface area contributed by atoms with Gasteiger partial charge in [-0.1, -0.05) is 24.3 Å². The topological polar surface area (TPSA) is 64.0 Å². The molecule has 7 heteroatoms. The fourth-order valence-corrected chi connectivity index (χ4v) is 4.34. The normalized spacial score (nSPS) is 11.5. The molecule has 0 amide bonds. The first-order chi connectivity index (χ1) is 11.6. The molecular formula is C17H16BrN3O2S. The number of aromatic nitrogens is 2. The molecule has 0 fully saturated rings. The van der Waals surface area contributed by atoms with Gasteiger partial charge < -0.3 is 0 Å². The van der Waals surface area contributed by atoms with E-state index in [0.717, 1.165) is 11.3 Å². The zero-order valence-corrected chi connectivity index (χ0v) is 15.2. The van der Waals surface area contributed by atoms with Crippen molar-refractivity contribution in [2.45, 2.75) is 11.3 Å². The molecule has 0 radical (unpaired) electrons. The van der Waals surface area contributed by atoms with Crippen molar-refractivity contribution in [2.24, 2.45) is 0 Å². The van der Waals surface area contributed by atoms with Gasteiger partial charge in [0.2, 0.25) is 10.0 Å². The Morgan fingerprint density at radius 1 is 1.04 bits per heavy atom. The van der Waals surface area contributed by atoms with E-state index in [9.17, 15) is 8.42 Å². The van der Waals surface area contributed by atoms with Crippen LogP contribution in [0, 0.1) is 0 Å². The fraction of sp³-hybridized carbons (Fsp3) is 0.118. The van der Waals surface area contributed by atoms with Crippen LogP contribution in [-0.2, 0) is 16.4 Å². The largest absolute Gasteiger partial charge is 0.241 e. The van der Waals surface area contributed by atoms with Crippen molar-refractivity contribution in [2.75, 3.05) is 6.54 Å². The molecular weight excluding hydrogens is 390 g/mol. The summed E-state index contributed by atoms with van der Waals surface area (Å²) in [7, 11) is -3.52. The predicted octanol–water partition coefficient (Wildman–Crippen LogP) is 3.16. The van der Waals surface area contributed by atoms with Crippen molar-refractivity contribution < 1.29 is 8.42 Å². The minimum atomic E-state index is -3.52. The van der Waals surface area contributed by atoms with Crippen molar-refractivity contribution in [3.63, 3.8) is 0 Å². The average Bonchev–Trinajstić information content (AvgIpc) is 3.10. The van der Waals surface area contributed by atoms with Crippen LogP contribution in [0.4, 0.5) is 0 Å². The molecule has 0 spiro atoms. The summed E-state index contributed by atoms with van der Waals surface area (Å²) in [5, 5.41) is 4.17. The van der Waals surface area contributed by atoms with Gasteiger partial charge in [-0.15, -0.1) is 0 Å². The van der Waals surface area contributed by atoms with Crippen molar-refractivity contribution in [1.82, 2.24) is 14.5 Å². The van der Waals surface area contributed by atoms with Crippen LogP contribution in [-0.4, -0.2) is 24.7 Å². The molecule has 0 aliphatic carbocycles. The molecule has 124 valence electrons. The highest BCUT2D eigenvalue weighted by Crippen LogP contribution is 2.20. The van der Waals surface area contributed by atoms with Crippen LogP contribution in [0.3, 0.4) is 0 Å². The zero-order valence-electron chi connectivity index (χ0n) is 12.8. The molecule has 3 aromatic rings. The lowest BCUT2D eigenvalue weighted by Gasteiger charge is -2.09. The van der Waals surface area contributed by atoms with Crippen molar-refractivity contribution >= 4 is 26.0 Å². The molecule has 2 aromatic carbocycles. The van der Waals surface area contributed by atoms with Crippen molar-refractivity contribution in [3.05, 3.63) is 77.0 Å². The van der Waals surface area contributed by atoms with Crippen molar-refractivity contribution in [3.8, 4) is 5.69 Å². The standard InChI is InChI=1S/C17H16BrN3O2S/c18-16-4-1-2-5-17(16)24(22,23)20-12-10-14-6-8-15(9-7-14)21-13-3-11-19-21/h1-9,11,13,20H,10,12H2. The number of rotatable bonds is 6. The quantitative estimate of drug-likeness (QED) is 0.684. The number of nitrogens with one attached hydrogen (secondary N) is 1. The van der Waals surface area contributed by atoms with Gasteiger partial charge in [-0.25, -0.2) is 17.8 Å². The molecule has 0 bridgehead atoms. The van der Waals surface area contributed by atoms with Crippen LogP contribution in [0.25, 0.3) is 5.69 Å². The highest BCUT2D eigenvalue weighted by Gasteiger charge is 2.16. The molecule has 1 heterocycles. The summed E-state index contributed by atoms with van der Waals surface area (Å²) < 4.78 is 29.6. The third-order valence-corrected chi connectivity index (χ3v) is 6.01. The van der Waals surface area contributed by atoms with E-state index in [4.69, 9.17) is 0 Å². The SMILES string of the molecule is O=S(=O)(NCCc1ccc(-n2cccn2)cc1)c1ccccc1Br. The summed E-state index contributed by atoms with van der Waals surface area (Å²) in [6, 6.07) is 16.5. The maximum absolute atomic E-state index is 12.3. The Morgan fingerprint density at radius 2 is 1.79 bits per heavy atom. The van der Waals surface area contributed by atoms with Gasteiger partial charge in [0, 0.05) is 23.4 Å². The van der Waals surface area contributed by atoms with E-state index in [2.05, 4.69) is 25.8 Å². The minimum absolute atomic E-state index is 0.249. The monoisotopic (exact) mass is 405 g/mol. The highest BCUT2D eigenvalue weighted by atomic mass is 79.9. The van der Waals surface area contributed by atoms with Crippen LogP contribution in [0.15, 0.2) is 76.4 Å². The second-order valence-electron chi connectivity index (χ2n) is 5.20. The molecule has 0 aliphatic rings. The smallest absolute Gasteiger partial charge is 0.241 e. The highest BCUT2D eigenvalue weighted by molar-refractivity contribution is 9.10. The lowest BCUT2D eigenvalue weighted by atomic mass is 10.1. The summed E-state index contributed by atoms with van der Waals surface area (Å²) >= 11 is 3.27. The third kappa shape index (κ3) is 3.92. The van der Waals surface area contributed by atoms with Crippen LogP contribution < -0.4 is 4.72 Å². The minimum Gasteiger partial charge on any atom is -0.241 e. The van der Waals surface area contributed by atoms with E-state index in [-0.39, 0.29) is 4.90 Å². The first-order valence-electron chi connectivity index (χ1n) is 7.39. The van der Waals surface area contributed by atoms with Gasteiger partial charge in [0.05, 0.1) is 10.6 Å². The molecule has 5 nitrogen and oxygen atoms in total. The average molecular weight is 406 g/mol. The van der Waals surface area contributed by atoms with Gasteiger partial charge >= 0.3 is 0 Å². The number of benzene rings is 2. The first-order valence-corrected chi connectivity index (χ1v) is 9.67. The Hall–Kier alpha value is -1.96. The summed E-state index contributed by atoms with van der Waals surface area (Å²) in [4.78, 5) is 0.249. The van der Waals surface area contributed by atoms with Gasteiger partial charge in [0.25, 0.3) is 0 Å². The Bertz CT molecular complexity index is 907. The fourth-order valence-electron chi connectivity index (χ4n) is 2.31. The maximum atomic E-state index is 12.3. The van der Waals surface area contributed by atoms with Crippen LogP contribution in [0.5, 0.6) is 0 Å². The number of hydrogen-bond acceptors (Lipinski definition) is 3. The molecule has 24 heavy (non-hydrogen) atoms. The Labute approximate surface area is 149 Å². The van der Waals surface area contributed by atoms with E-state index in [0.29, 0.717) is 17.4 Å². The van der Waals surface area contributed by atoms with Crippen LogP contribution in [0.2, 0.25) is 0 Å². The molecule has 0 unspecified atom stereocenters. The van der Waals surface area contributed by atoms with Gasteiger partial charge in [0.1, 0.15) is 0 Å². The molecule has 0 saturated heterocycles. The van der Waals surface area contributed by atoms with Crippen molar-refractivity contribution in [1.29, 1.82) is 0 Å². The number of nitrogens with zero attached hydrogens (tertiary/aromatic N) is 2. The molecule has 1 N–H and O–H groups in total. The number of halogens is 1. The molecule has 0 saturated carbocycles. The van der Waals surface area contributed by atoms with Gasteiger partial charge in [-0.3, -0.25) is 0 Å². The summed E-state index contributed by atoms with van der Waals surface area (Å²) in [6.45, 7) is 0.338. The van der Waals surface area contributed by atoms with E-state index in [1.54, 1.807) is 35.1 Å². The predicted molar refractivity (Wildman–Crippen MR) is 96.6 cm³/mol. The Morgan fingerprint density at radius 3 is 2.46 bits per heavy atom.